The van der Waals surface area contributed by atoms with Crippen LogP contribution in [-0.4, -0.2) is 16.1 Å². The van der Waals surface area contributed by atoms with Crippen molar-refractivity contribution in [3.8, 4) is 0 Å². The summed E-state index contributed by atoms with van der Waals surface area (Å²) in [7, 11) is 0. The second-order valence-corrected chi connectivity index (χ2v) is 4.84. The summed E-state index contributed by atoms with van der Waals surface area (Å²) in [6, 6.07) is 3.19. The third kappa shape index (κ3) is 2.84. The molecule has 0 bridgehead atoms. The first-order valence-corrected chi connectivity index (χ1v) is 6.49. The Morgan fingerprint density at radius 1 is 1.33 bits per heavy atom. The molecule has 1 heterocycles. The van der Waals surface area contributed by atoms with Gasteiger partial charge in [0.2, 0.25) is 0 Å². The van der Waals surface area contributed by atoms with Crippen molar-refractivity contribution in [2.24, 2.45) is 0 Å². The van der Waals surface area contributed by atoms with Crippen molar-refractivity contribution < 1.29 is 23.1 Å². The van der Waals surface area contributed by atoms with Crippen LogP contribution in [-0.2, 0) is 12.6 Å². The number of aryl methyl sites for hydroxylation is 2. The Morgan fingerprint density at radius 2 is 2.00 bits per heavy atom. The number of carbonyl (C=O) groups is 1. The van der Waals surface area contributed by atoms with Crippen LogP contribution in [0.1, 0.15) is 40.5 Å². The number of carboxylic acid groups (broad SMARTS) is 1. The van der Waals surface area contributed by atoms with E-state index in [4.69, 9.17) is 0 Å². The first-order chi connectivity index (χ1) is 9.75. The fourth-order valence-corrected chi connectivity index (χ4v) is 2.37. The van der Waals surface area contributed by atoms with Crippen molar-refractivity contribution in [1.82, 2.24) is 4.98 Å². The van der Waals surface area contributed by atoms with Crippen LogP contribution in [0.4, 0.5) is 13.2 Å². The average molecular weight is 297 g/mol. The molecule has 0 amide bonds. The molecule has 0 fully saturated rings. The minimum absolute atomic E-state index is 0.0871. The smallest absolute Gasteiger partial charge is 0.416 e. The number of halogens is 3. The molecule has 3 nitrogen and oxygen atoms in total. The van der Waals surface area contributed by atoms with Gasteiger partial charge in [0.05, 0.1) is 22.3 Å². The van der Waals surface area contributed by atoms with Crippen LogP contribution in [0.25, 0.3) is 10.9 Å². The van der Waals surface area contributed by atoms with Crippen LogP contribution in [0.5, 0.6) is 0 Å². The topological polar surface area (TPSA) is 50.2 Å². The number of aromatic nitrogens is 1. The molecule has 0 aliphatic carbocycles. The van der Waals surface area contributed by atoms with Gasteiger partial charge in [0.15, 0.2) is 0 Å². The number of fused-ring (bicyclic) bond motifs is 1. The summed E-state index contributed by atoms with van der Waals surface area (Å²) in [6.45, 7) is 3.46. The van der Waals surface area contributed by atoms with Gasteiger partial charge in [-0.2, -0.15) is 13.2 Å². The standard InChI is InChI=1S/C15H14F3NO2/c1-3-4-11-13(14(20)21)8(2)10-6-5-9(15(16,17)18)7-12(10)19-11/h5-7H,3-4H2,1-2H3,(H,20,21). The molecule has 0 aliphatic rings. The van der Waals surface area contributed by atoms with E-state index < -0.39 is 17.7 Å². The fraction of sp³-hybridized carbons (Fsp3) is 0.333. The highest BCUT2D eigenvalue weighted by atomic mass is 19.4. The van der Waals surface area contributed by atoms with E-state index in [0.717, 1.165) is 12.1 Å². The van der Waals surface area contributed by atoms with Crippen molar-refractivity contribution in [1.29, 1.82) is 0 Å². The summed E-state index contributed by atoms with van der Waals surface area (Å²) < 4.78 is 38.3. The molecule has 21 heavy (non-hydrogen) atoms. The van der Waals surface area contributed by atoms with Gasteiger partial charge in [0.1, 0.15) is 0 Å². The maximum Gasteiger partial charge on any atom is 0.416 e. The predicted molar refractivity (Wildman–Crippen MR) is 72.4 cm³/mol. The Morgan fingerprint density at radius 3 is 2.52 bits per heavy atom. The number of pyridine rings is 1. The number of benzene rings is 1. The highest BCUT2D eigenvalue weighted by molar-refractivity contribution is 5.97. The third-order valence-corrected chi connectivity index (χ3v) is 3.35. The molecule has 1 N–H and O–H groups in total. The maximum atomic E-state index is 12.8. The van der Waals surface area contributed by atoms with Gasteiger partial charge >= 0.3 is 12.1 Å². The summed E-state index contributed by atoms with van der Waals surface area (Å²) >= 11 is 0. The number of carboxylic acids is 1. The van der Waals surface area contributed by atoms with Gasteiger partial charge in [-0.05, 0) is 31.0 Å². The summed E-state index contributed by atoms with van der Waals surface area (Å²) in [5, 5.41) is 9.73. The van der Waals surface area contributed by atoms with E-state index in [2.05, 4.69) is 4.98 Å². The summed E-state index contributed by atoms with van der Waals surface area (Å²) in [4.78, 5) is 15.5. The number of aromatic carboxylic acids is 1. The molecule has 1 aromatic heterocycles. The summed E-state index contributed by atoms with van der Waals surface area (Å²) in [6.07, 6.45) is -3.37. The Balaban J connectivity index is 2.76. The van der Waals surface area contributed by atoms with E-state index in [1.807, 2.05) is 6.92 Å². The van der Waals surface area contributed by atoms with E-state index in [1.54, 1.807) is 6.92 Å². The second-order valence-electron chi connectivity index (χ2n) is 4.84. The molecule has 0 spiro atoms. The van der Waals surface area contributed by atoms with Crippen molar-refractivity contribution in [2.45, 2.75) is 32.9 Å². The predicted octanol–water partition coefficient (Wildman–Crippen LogP) is 4.21. The average Bonchev–Trinajstić information content (AvgIpc) is 2.37. The lowest BCUT2D eigenvalue weighted by atomic mass is 9.98. The fourth-order valence-electron chi connectivity index (χ4n) is 2.37. The summed E-state index contributed by atoms with van der Waals surface area (Å²) in [5.41, 5.74) is 0.256. The SMILES string of the molecule is CCCc1nc2cc(C(F)(F)F)ccc2c(C)c1C(=O)O. The van der Waals surface area contributed by atoms with Crippen LogP contribution in [0, 0.1) is 6.92 Å². The Kier molecular flexibility index (Phi) is 3.89. The highest BCUT2D eigenvalue weighted by Gasteiger charge is 2.31. The first kappa shape index (κ1) is 15.3. The van der Waals surface area contributed by atoms with Gasteiger partial charge in [-0.3, -0.25) is 4.98 Å². The number of nitrogens with zero attached hydrogens (tertiary/aromatic N) is 1. The molecule has 6 heteroatoms. The number of alkyl halides is 3. The lowest BCUT2D eigenvalue weighted by molar-refractivity contribution is -0.137. The molecule has 0 atom stereocenters. The van der Waals surface area contributed by atoms with Crippen LogP contribution in [0.15, 0.2) is 18.2 Å². The molecule has 0 saturated carbocycles. The van der Waals surface area contributed by atoms with Crippen LogP contribution in [0.2, 0.25) is 0 Å². The summed E-state index contributed by atoms with van der Waals surface area (Å²) in [5.74, 6) is -1.11. The maximum absolute atomic E-state index is 12.8. The zero-order valence-electron chi connectivity index (χ0n) is 11.6. The monoisotopic (exact) mass is 297 g/mol. The molecule has 112 valence electrons. The second kappa shape index (κ2) is 5.35. The molecule has 1 aromatic carbocycles. The van der Waals surface area contributed by atoms with Gasteiger partial charge in [-0.1, -0.05) is 19.4 Å². The first-order valence-electron chi connectivity index (χ1n) is 6.49. The van der Waals surface area contributed by atoms with Gasteiger partial charge in [-0.15, -0.1) is 0 Å². The van der Waals surface area contributed by atoms with Crippen molar-refractivity contribution in [3.05, 3.63) is 40.6 Å². The third-order valence-electron chi connectivity index (χ3n) is 3.35. The van der Waals surface area contributed by atoms with Crippen molar-refractivity contribution >= 4 is 16.9 Å². The molecule has 2 rings (SSSR count). The quantitative estimate of drug-likeness (QED) is 0.923. The van der Waals surface area contributed by atoms with Crippen molar-refractivity contribution in [2.75, 3.05) is 0 Å². The highest BCUT2D eigenvalue weighted by Crippen LogP contribution is 2.32. The van der Waals surface area contributed by atoms with Crippen molar-refractivity contribution in [3.63, 3.8) is 0 Å². The van der Waals surface area contributed by atoms with Crippen LogP contribution in [0.3, 0.4) is 0 Å². The molecule has 0 unspecified atom stereocenters. The molecule has 0 saturated heterocycles. The Labute approximate surface area is 119 Å². The minimum Gasteiger partial charge on any atom is -0.478 e. The van der Waals surface area contributed by atoms with E-state index in [9.17, 15) is 23.1 Å². The number of rotatable bonds is 3. The molecular weight excluding hydrogens is 283 g/mol. The number of hydrogen-bond acceptors (Lipinski definition) is 2. The Bertz CT molecular complexity index is 708. The van der Waals surface area contributed by atoms with E-state index in [1.165, 1.54) is 6.07 Å². The molecule has 0 radical (unpaired) electrons. The zero-order chi connectivity index (χ0) is 15.8. The van der Waals surface area contributed by atoms with E-state index in [0.29, 0.717) is 29.5 Å². The lowest BCUT2D eigenvalue weighted by Crippen LogP contribution is -2.10. The van der Waals surface area contributed by atoms with Gasteiger partial charge in [-0.25, -0.2) is 4.79 Å². The van der Waals surface area contributed by atoms with Gasteiger partial charge < -0.3 is 5.11 Å². The van der Waals surface area contributed by atoms with Crippen LogP contribution >= 0.6 is 0 Å². The zero-order valence-corrected chi connectivity index (χ0v) is 11.6. The molecule has 0 aliphatic heterocycles. The van der Waals surface area contributed by atoms with Crippen LogP contribution < -0.4 is 0 Å². The van der Waals surface area contributed by atoms with E-state index >= 15 is 0 Å². The number of hydrogen-bond donors (Lipinski definition) is 1. The molecular formula is C15H14F3NO2. The molecule has 2 aromatic rings. The van der Waals surface area contributed by atoms with Gasteiger partial charge in [0, 0.05) is 5.39 Å². The minimum atomic E-state index is -4.44. The largest absolute Gasteiger partial charge is 0.478 e. The lowest BCUT2D eigenvalue weighted by Gasteiger charge is -2.13. The van der Waals surface area contributed by atoms with E-state index in [-0.39, 0.29) is 11.1 Å². The van der Waals surface area contributed by atoms with Gasteiger partial charge in [0.25, 0.3) is 0 Å². The normalized spacial score (nSPS) is 11.9. The Hall–Kier alpha value is -2.11.